The molecule has 0 spiro atoms. The van der Waals surface area contributed by atoms with Gasteiger partial charge in [0.2, 0.25) is 11.7 Å². The number of likely N-dealkylation sites (tertiary alicyclic amines) is 1. The number of aliphatic hydroxyl groups excluding tert-OH is 1. The van der Waals surface area contributed by atoms with Gasteiger partial charge in [0.05, 0.1) is 12.6 Å². The molecule has 13 heteroatoms. The Morgan fingerprint density at radius 2 is 2.15 bits per heavy atom. The van der Waals surface area contributed by atoms with Gasteiger partial charge in [-0.25, -0.2) is 9.97 Å². The minimum atomic E-state index is -4.81. The zero-order chi connectivity index (χ0) is 24.9. The van der Waals surface area contributed by atoms with Crippen molar-refractivity contribution in [2.75, 3.05) is 43.4 Å². The Morgan fingerprint density at radius 3 is 2.82 bits per heavy atom. The molecule has 0 bridgehead atoms. The van der Waals surface area contributed by atoms with Crippen LogP contribution in [0.25, 0.3) is 0 Å². The standard InChI is InChI=1S/C21H26F4N6O3/c1-30(9-13-3-2-4-15(7-13)34-21(23,24)25)20-18(22)19(28-12-29-20)27-8-14-5-6-31(10-16(14)32)11-17(26)33/h2-4,7,12,14,16,32H,5-6,8-11H2,1H3,(H2,26,33)(H,27,28,29)/t14-,16+/m0/s1. The highest BCUT2D eigenvalue weighted by atomic mass is 19.4. The number of hydrogen-bond acceptors (Lipinski definition) is 8. The summed E-state index contributed by atoms with van der Waals surface area (Å²) in [6.45, 7) is 1.24. The lowest BCUT2D eigenvalue weighted by atomic mass is 9.94. The second kappa shape index (κ2) is 10.8. The summed E-state index contributed by atoms with van der Waals surface area (Å²) < 4.78 is 56.3. The fourth-order valence-electron chi connectivity index (χ4n) is 3.82. The highest BCUT2D eigenvalue weighted by Crippen LogP contribution is 2.26. The van der Waals surface area contributed by atoms with E-state index in [1.807, 2.05) is 0 Å². The number of amides is 1. The first-order valence-corrected chi connectivity index (χ1v) is 10.5. The fraction of sp³-hybridized carbons (Fsp3) is 0.476. The largest absolute Gasteiger partial charge is 0.573 e. The molecule has 0 radical (unpaired) electrons. The molecule has 0 aliphatic carbocycles. The molecule has 1 fully saturated rings. The van der Waals surface area contributed by atoms with E-state index in [9.17, 15) is 23.1 Å². The number of ether oxygens (including phenoxy) is 1. The SMILES string of the molecule is CN(Cc1cccc(OC(F)(F)F)c1)c1ncnc(NC[C@@H]2CCN(CC(N)=O)C[C@H]2O)c1F. The van der Waals surface area contributed by atoms with Crippen LogP contribution in [0.1, 0.15) is 12.0 Å². The van der Waals surface area contributed by atoms with Crippen LogP contribution >= 0.6 is 0 Å². The van der Waals surface area contributed by atoms with E-state index in [1.54, 1.807) is 18.0 Å². The molecule has 1 aromatic heterocycles. The smallest absolute Gasteiger partial charge is 0.406 e. The number of nitrogens with one attached hydrogen (secondary N) is 1. The lowest BCUT2D eigenvalue weighted by Crippen LogP contribution is -2.48. The van der Waals surface area contributed by atoms with E-state index in [4.69, 9.17) is 5.73 Å². The number of nitrogens with two attached hydrogens (primary N) is 1. The normalized spacial score (nSPS) is 19.0. The van der Waals surface area contributed by atoms with Gasteiger partial charge in [-0.2, -0.15) is 4.39 Å². The molecule has 1 saturated heterocycles. The number of piperidine rings is 1. The summed E-state index contributed by atoms with van der Waals surface area (Å²) in [6, 6.07) is 5.39. The average Bonchev–Trinajstić information content (AvgIpc) is 2.72. The monoisotopic (exact) mass is 486 g/mol. The molecule has 1 amide bonds. The number of rotatable bonds is 9. The third-order valence-electron chi connectivity index (χ3n) is 5.40. The van der Waals surface area contributed by atoms with Gasteiger partial charge in [0.15, 0.2) is 11.6 Å². The van der Waals surface area contributed by atoms with Crippen molar-refractivity contribution in [2.45, 2.75) is 25.4 Å². The zero-order valence-corrected chi connectivity index (χ0v) is 18.4. The minimum Gasteiger partial charge on any atom is -0.406 e. The molecular weight excluding hydrogens is 460 g/mol. The van der Waals surface area contributed by atoms with E-state index in [1.165, 1.54) is 29.4 Å². The Balaban J connectivity index is 1.61. The first kappa shape index (κ1) is 25.4. The first-order valence-electron chi connectivity index (χ1n) is 10.5. The van der Waals surface area contributed by atoms with Crippen molar-refractivity contribution in [2.24, 2.45) is 11.7 Å². The topological polar surface area (TPSA) is 117 Å². The van der Waals surface area contributed by atoms with Crippen LogP contribution in [0.5, 0.6) is 5.75 Å². The Morgan fingerprint density at radius 1 is 1.38 bits per heavy atom. The molecular formula is C21H26F4N6O3. The molecule has 4 N–H and O–H groups in total. The van der Waals surface area contributed by atoms with Crippen LogP contribution in [0.3, 0.4) is 0 Å². The van der Waals surface area contributed by atoms with Gasteiger partial charge in [-0.15, -0.1) is 13.2 Å². The van der Waals surface area contributed by atoms with Crippen LogP contribution in [0, 0.1) is 11.7 Å². The Bertz CT molecular complexity index is 993. The van der Waals surface area contributed by atoms with Crippen molar-refractivity contribution in [1.29, 1.82) is 0 Å². The van der Waals surface area contributed by atoms with Crippen LogP contribution in [0.4, 0.5) is 29.2 Å². The summed E-state index contributed by atoms with van der Waals surface area (Å²) in [5, 5.41) is 13.2. The highest BCUT2D eigenvalue weighted by molar-refractivity contribution is 5.75. The third-order valence-corrected chi connectivity index (χ3v) is 5.40. The van der Waals surface area contributed by atoms with Crippen LogP contribution in [0.2, 0.25) is 0 Å². The quantitative estimate of drug-likeness (QED) is 0.459. The maximum Gasteiger partial charge on any atom is 0.573 e. The Labute approximate surface area is 193 Å². The number of aromatic nitrogens is 2. The summed E-state index contributed by atoms with van der Waals surface area (Å²) in [6.07, 6.45) is -3.78. The predicted molar refractivity (Wildman–Crippen MR) is 115 cm³/mol. The molecule has 1 aromatic carbocycles. The predicted octanol–water partition coefficient (Wildman–Crippen LogP) is 1.73. The van der Waals surface area contributed by atoms with Gasteiger partial charge < -0.3 is 25.8 Å². The van der Waals surface area contributed by atoms with Crippen molar-refractivity contribution in [1.82, 2.24) is 14.9 Å². The maximum atomic E-state index is 15.1. The highest BCUT2D eigenvalue weighted by Gasteiger charge is 2.31. The number of alkyl halides is 3. The van der Waals surface area contributed by atoms with E-state index in [0.29, 0.717) is 18.5 Å². The number of primary amides is 1. The van der Waals surface area contributed by atoms with Crippen LogP contribution < -0.4 is 20.7 Å². The molecule has 34 heavy (non-hydrogen) atoms. The second-order valence-electron chi connectivity index (χ2n) is 8.11. The molecule has 186 valence electrons. The fourth-order valence-corrected chi connectivity index (χ4v) is 3.82. The number of aliphatic hydroxyl groups is 1. The summed E-state index contributed by atoms with van der Waals surface area (Å²) in [5.41, 5.74) is 5.65. The second-order valence-corrected chi connectivity index (χ2v) is 8.11. The van der Waals surface area contributed by atoms with Crippen molar-refractivity contribution in [3.05, 3.63) is 42.0 Å². The molecule has 9 nitrogen and oxygen atoms in total. The van der Waals surface area contributed by atoms with Crippen LogP contribution in [0.15, 0.2) is 30.6 Å². The summed E-state index contributed by atoms with van der Waals surface area (Å²) in [7, 11) is 1.55. The summed E-state index contributed by atoms with van der Waals surface area (Å²) >= 11 is 0. The lowest BCUT2D eigenvalue weighted by molar-refractivity contribution is -0.274. The van der Waals surface area contributed by atoms with Gasteiger partial charge in [-0.05, 0) is 30.7 Å². The molecule has 0 saturated carbocycles. The first-order chi connectivity index (χ1) is 16.0. The van der Waals surface area contributed by atoms with E-state index in [2.05, 4.69) is 20.0 Å². The van der Waals surface area contributed by atoms with E-state index in [0.717, 1.165) is 0 Å². The van der Waals surface area contributed by atoms with Gasteiger partial charge in [0.25, 0.3) is 0 Å². The zero-order valence-electron chi connectivity index (χ0n) is 18.4. The third kappa shape index (κ3) is 7.15. The van der Waals surface area contributed by atoms with E-state index in [-0.39, 0.29) is 49.5 Å². The minimum absolute atomic E-state index is 0.0449. The number of β-amino-alcohol motifs (C(OH)–C–C–N with tert-alkyl or cyclic N) is 1. The Kier molecular flexibility index (Phi) is 8.10. The maximum absolute atomic E-state index is 15.1. The van der Waals surface area contributed by atoms with Gasteiger partial charge in [-0.1, -0.05) is 12.1 Å². The number of nitrogens with zero attached hydrogens (tertiary/aromatic N) is 4. The van der Waals surface area contributed by atoms with Gasteiger partial charge in [0.1, 0.15) is 12.1 Å². The number of carbonyl (C=O) groups excluding carboxylic acids is 1. The number of benzene rings is 1. The molecule has 2 heterocycles. The lowest BCUT2D eigenvalue weighted by Gasteiger charge is -2.35. The van der Waals surface area contributed by atoms with Crippen LogP contribution in [-0.2, 0) is 11.3 Å². The summed E-state index contributed by atoms with van der Waals surface area (Å²) in [4.78, 5) is 22.1. The van der Waals surface area contributed by atoms with Gasteiger partial charge >= 0.3 is 6.36 Å². The van der Waals surface area contributed by atoms with E-state index >= 15 is 4.39 Å². The molecule has 1 aliphatic heterocycles. The van der Waals surface area contributed by atoms with Crippen molar-refractivity contribution in [3.63, 3.8) is 0 Å². The number of hydrogen-bond donors (Lipinski definition) is 3. The van der Waals surface area contributed by atoms with Gasteiger partial charge in [-0.3, -0.25) is 9.69 Å². The number of carbonyl (C=O) groups is 1. The number of halogens is 4. The van der Waals surface area contributed by atoms with Crippen LogP contribution in [-0.4, -0.2) is 71.6 Å². The Hall–Kier alpha value is -3.19. The average molecular weight is 486 g/mol. The number of anilines is 2. The van der Waals surface area contributed by atoms with Crippen molar-refractivity contribution >= 4 is 17.5 Å². The summed E-state index contributed by atoms with van der Waals surface area (Å²) in [5.74, 6) is -1.86. The van der Waals surface area contributed by atoms with Crippen molar-refractivity contribution in [3.8, 4) is 5.75 Å². The molecule has 2 aromatic rings. The molecule has 1 aliphatic rings. The molecule has 3 rings (SSSR count). The molecule has 0 unspecified atom stereocenters. The van der Waals surface area contributed by atoms with E-state index < -0.39 is 24.2 Å². The van der Waals surface area contributed by atoms with Crippen molar-refractivity contribution < 1.29 is 32.2 Å². The van der Waals surface area contributed by atoms with Gasteiger partial charge in [0, 0.05) is 32.6 Å². The molecule has 2 atom stereocenters.